The maximum absolute atomic E-state index is 5.73. The van der Waals surface area contributed by atoms with Gasteiger partial charge in [-0.15, -0.1) is 24.0 Å². The van der Waals surface area contributed by atoms with E-state index in [4.69, 9.17) is 4.74 Å². The van der Waals surface area contributed by atoms with Gasteiger partial charge in [0.2, 0.25) is 0 Å². The van der Waals surface area contributed by atoms with Crippen molar-refractivity contribution in [2.45, 2.75) is 38.2 Å². The number of ether oxygens (including phenoxy) is 1. The molecule has 1 aliphatic heterocycles. The van der Waals surface area contributed by atoms with E-state index in [9.17, 15) is 0 Å². The molecule has 1 aliphatic carbocycles. The number of hydrogen-bond acceptors (Lipinski definition) is 2. The second-order valence-corrected chi connectivity index (χ2v) is 5.15. The summed E-state index contributed by atoms with van der Waals surface area (Å²) >= 11 is 0. The molecule has 0 aromatic heterocycles. The predicted molar refractivity (Wildman–Crippen MR) is 81.1 cm³/mol. The third-order valence-corrected chi connectivity index (χ3v) is 3.41. The van der Waals surface area contributed by atoms with Gasteiger partial charge in [0, 0.05) is 26.7 Å². The number of nitrogens with one attached hydrogen (secondary N) is 2. The van der Waals surface area contributed by atoms with Gasteiger partial charge in [-0.2, -0.15) is 0 Å². The van der Waals surface area contributed by atoms with E-state index in [0.717, 1.165) is 38.0 Å². The van der Waals surface area contributed by atoms with E-state index < -0.39 is 0 Å². The van der Waals surface area contributed by atoms with Crippen molar-refractivity contribution in [2.75, 3.05) is 26.7 Å². The minimum Gasteiger partial charge on any atom is -0.373 e. The van der Waals surface area contributed by atoms with Crippen LogP contribution in [0.1, 0.15) is 32.6 Å². The molecule has 1 heterocycles. The van der Waals surface area contributed by atoms with Crippen LogP contribution in [-0.2, 0) is 4.74 Å². The van der Waals surface area contributed by atoms with Gasteiger partial charge in [0.1, 0.15) is 0 Å². The lowest BCUT2D eigenvalue weighted by molar-refractivity contribution is 0.0243. The van der Waals surface area contributed by atoms with Gasteiger partial charge in [-0.25, -0.2) is 0 Å². The smallest absolute Gasteiger partial charge is 0.191 e. The fourth-order valence-corrected chi connectivity index (χ4v) is 2.03. The maximum Gasteiger partial charge on any atom is 0.191 e. The van der Waals surface area contributed by atoms with Crippen molar-refractivity contribution >= 4 is 29.9 Å². The van der Waals surface area contributed by atoms with E-state index in [2.05, 4.69) is 22.5 Å². The molecular formula is C12H24IN3O. The predicted octanol–water partition coefficient (Wildman–Crippen LogP) is 1.75. The summed E-state index contributed by atoms with van der Waals surface area (Å²) < 4.78 is 5.73. The number of aliphatic imine (C=N–C) groups is 1. The Hall–Kier alpha value is -0.0400. The standard InChI is InChI=1S/C12H23N3O.HI/c1-12(6-3-7-16-12)9-15-11(13-2)14-8-10-4-5-10;/h10H,3-9H2,1-2H3,(H2,13,14,15);1H. The van der Waals surface area contributed by atoms with Crippen LogP contribution in [0.25, 0.3) is 0 Å². The molecule has 1 unspecified atom stereocenters. The van der Waals surface area contributed by atoms with Crippen LogP contribution >= 0.6 is 24.0 Å². The number of nitrogens with zero attached hydrogens (tertiary/aromatic N) is 1. The molecule has 1 atom stereocenters. The zero-order valence-electron chi connectivity index (χ0n) is 10.8. The topological polar surface area (TPSA) is 45.7 Å². The molecule has 2 N–H and O–H groups in total. The molecule has 2 aliphatic rings. The zero-order chi connectivity index (χ0) is 11.4. The largest absolute Gasteiger partial charge is 0.373 e. The summed E-state index contributed by atoms with van der Waals surface area (Å²) in [6.45, 7) is 4.96. The molecule has 1 saturated heterocycles. The molecule has 100 valence electrons. The van der Waals surface area contributed by atoms with Crippen LogP contribution in [0.2, 0.25) is 0 Å². The molecule has 5 heteroatoms. The van der Waals surface area contributed by atoms with Crippen LogP contribution in [-0.4, -0.2) is 38.3 Å². The van der Waals surface area contributed by atoms with E-state index in [-0.39, 0.29) is 29.6 Å². The lowest BCUT2D eigenvalue weighted by Gasteiger charge is -2.24. The Morgan fingerprint density at radius 3 is 2.71 bits per heavy atom. The first-order chi connectivity index (χ1) is 7.72. The highest BCUT2D eigenvalue weighted by Crippen LogP contribution is 2.27. The van der Waals surface area contributed by atoms with E-state index in [0.29, 0.717) is 0 Å². The SMILES string of the molecule is CN=C(NCC1CC1)NCC1(C)CCCO1.I. The number of hydrogen-bond donors (Lipinski definition) is 2. The van der Waals surface area contributed by atoms with Crippen molar-refractivity contribution in [1.82, 2.24) is 10.6 Å². The molecule has 4 nitrogen and oxygen atoms in total. The van der Waals surface area contributed by atoms with Gasteiger partial charge < -0.3 is 15.4 Å². The Morgan fingerprint density at radius 2 is 2.18 bits per heavy atom. The molecule has 0 bridgehead atoms. The van der Waals surface area contributed by atoms with Crippen LogP contribution in [0, 0.1) is 5.92 Å². The molecule has 0 radical (unpaired) electrons. The quantitative estimate of drug-likeness (QED) is 0.460. The molecule has 0 aromatic carbocycles. The molecule has 0 aromatic rings. The van der Waals surface area contributed by atoms with Crippen LogP contribution in [0.3, 0.4) is 0 Å². The average molecular weight is 353 g/mol. The maximum atomic E-state index is 5.73. The van der Waals surface area contributed by atoms with Crippen LogP contribution in [0.5, 0.6) is 0 Å². The van der Waals surface area contributed by atoms with Crippen molar-refractivity contribution in [3.8, 4) is 0 Å². The molecule has 1 saturated carbocycles. The molecular weight excluding hydrogens is 329 g/mol. The summed E-state index contributed by atoms with van der Waals surface area (Å²) in [7, 11) is 1.82. The van der Waals surface area contributed by atoms with Gasteiger partial charge in [-0.3, -0.25) is 4.99 Å². The summed E-state index contributed by atoms with van der Waals surface area (Å²) in [5.74, 6) is 1.78. The van der Waals surface area contributed by atoms with Crippen molar-refractivity contribution < 1.29 is 4.74 Å². The van der Waals surface area contributed by atoms with Gasteiger partial charge in [-0.05, 0) is 38.5 Å². The molecule has 0 spiro atoms. The molecule has 0 amide bonds. The van der Waals surface area contributed by atoms with Crippen molar-refractivity contribution in [3.05, 3.63) is 0 Å². The third kappa shape index (κ3) is 4.99. The van der Waals surface area contributed by atoms with Crippen molar-refractivity contribution in [3.63, 3.8) is 0 Å². The lowest BCUT2D eigenvalue weighted by atomic mass is 10.0. The van der Waals surface area contributed by atoms with Crippen molar-refractivity contribution in [1.29, 1.82) is 0 Å². The van der Waals surface area contributed by atoms with Gasteiger partial charge in [-0.1, -0.05) is 0 Å². The Kier molecular flexibility index (Phi) is 5.99. The van der Waals surface area contributed by atoms with Crippen LogP contribution in [0.4, 0.5) is 0 Å². The Morgan fingerprint density at radius 1 is 1.41 bits per heavy atom. The normalized spacial score (nSPS) is 28.7. The molecule has 17 heavy (non-hydrogen) atoms. The summed E-state index contributed by atoms with van der Waals surface area (Å²) in [6.07, 6.45) is 5.04. The summed E-state index contributed by atoms with van der Waals surface area (Å²) in [5, 5.41) is 6.70. The second kappa shape index (κ2) is 6.78. The van der Waals surface area contributed by atoms with Gasteiger partial charge in [0.25, 0.3) is 0 Å². The minimum atomic E-state index is -0.00278. The van der Waals surface area contributed by atoms with E-state index in [1.807, 2.05) is 7.05 Å². The first-order valence-corrected chi connectivity index (χ1v) is 6.30. The summed E-state index contributed by atoms with van der Waals surface area (Å²) in [6, 6.07) is 0. The Bertz CT molecular complexity index is 260. The number of guanidine groups is 1. The highest BCUT2D eigenvalue weighted by atomic mass is 127. The minimum absolute atomic E-state index is 0. The third-order valence-electron chi connectivity index (χ3n) is 3.41. The Balaban J connectivity index is 0.00000144. The fourth-order valence-electron chi connectivity index (χ4n) is 2.03. The van der Waals surface area contributed by atoms with Crippen LogP contribution < -0.4 is 10.6 Å². The van der Waals surface area contributed by atoms with Gasteiger partial charge in [0.05, 0.1) is 5.60 Å². The average Bonchev–Trinajstić information content (AvgIpc) is 3.01. The first-order valence-electron chi connectivity index (χ1n) is 6.30. The lowest BCUT2D eigenvalue weighted by Crippen LogP contribution is -2.45. The van der Waals surface area contributed by atoms with Gasteiger partial charge in [0.15, 0.2) is 5.96 Å². The van der Waals surface area contributed by atoms with Crippen LogP contribution in [0.15, 0.2) is 4.99 Å². The zero-order valence-corrected chi connectivity index (χ0v) is 13.1. The molecule has 2 fully saturated rings. The monoisotopic (exact) mass is 353 g/mol. The second-order valence-electron chi connectivity index (χ2n) is 5.15. The fraction of sp³-hybridized carbons (Fsp3) is 0.917. The number of halogens is 1. The van der Waals surface area contributed by atoms with E-state index in [1.165, 1.54) is 19.3 Å². The molecule has 2 rings (SSSR count). The van der Waals surface area contributed by atoms with Gasteiger partial charge >= 0.3 is 0 Å². The van der Waals surface area contributed by atoms with E-state index in [1.54, 1.807) is 0 Å². The Labute approximate surface area is 121 Å². The highest BCUT2D eigenvalue weighted by Gasteiger charge is 2.29. The van der Waals surface area contributed by atoms with Crippen molar-refractivity contribution in [2.24, 2.45) is 10.9 Å². The summed E-state index contributed by atoms with van der Waals surface area (Å²) in [4.78, 5) is 4.22. The van der Waals surface area contributed by atoms with E-state index >= 15 is 0 Å². The summed E-state index contributed by atoms with van der Waals surface area (Å²) in [5.41, 5.74) is -0.00278. The highest BCUT2D eigenvalue weighted by molar-refractivity contribution is 14.0. The first kappa shape index (κ1) is 15.0. The number of rotatable bonds is 4.